The molecule has 6 heteroatoms. The molecular weight excluding hydrogens is 333 g/mol. The van der Waals surface area contributed by atoms with Crippen molar-refractivity contribution in [1.82, 2.24) is 10.3 Å². The zero-order chi connectivity index (χ0) is 16.1. The number of pyridine rings is 1. The minimum Gasteiger partial charge on any atom is -0.397 e. The maximum Gasteiger partial charge on any atom is 0.226 e. The molecule has 0 radical (unpaired) electrons. The Hall–Kier alpha value is -1.78. The molecule has 2 aromatic rings. The van der Waals surface area contributed by atoms with Crippen molar-refractivity contribution in [3.05, 3.63) is 58.9 Å². The second kappa shape index (κ2) is 8.75. The molecule has 124 valence electrons. The molecule has 1 unspecified atom stereocenters. The third-order valence-corrected chi connectivity index (χ3v) is 3.65. The number of nitrogen functional groups attached to an aromatic ring is 1. The highest BCUT2D eigenvalue weighted by molar-refractivity contribution is 6.30. The lowest BCUT2D eigenvalue weighted by Gasteiger charge is -2.23. The number of carbonyl (C=O) groups excluding carboxylic acids is 1. The van der Waals surface area contributed by atoms with Gasteiger partial charge in [-0.2, -0.15) is 0 Å². The van der Waals surface area contributed by atoms with Crippen LogP contribution in [0.3, 0.4) is 0 Å². The maximum absolute atomic E-state index is 12.2. The Morgan fingerprint density at radius 1 is 1.22 bits per heavy atom. The van der Waals surface area contributed by atoms with Gasteiger partial charge in [0.15, 0.2) is 0 Å². The third-order valence-electron chi connectivity index (χ3n) is 3.40. The molecule has 1 heterocycles. The number of nitrogens with one attached hydrogen (secondary N) is 1. The van der Waals surface area contributed by atoms with Crippen LogP contribution in [0.4, 0.5) is 5.69 Å². The zero-order valence-electron chi connectivity index (χ0n) is 13.1. The summed E-state index contributed by atoms with van der Waals surface area (Å²) in [5.74, 6) is 0.204. The van der Waals surface area contributed by atoms with Crippen molar-refractivity contribution in [1.29, 1.82) is 0 Å². The van der Waals surface area contributed by atoms with E-state index in [0.29, 0.717) is 16.4 Å². The van der Waals surface area contributed by atoms with Crippen LogP contribution in [0, 0.1) is 5.92 Å². The molecule has 2 rings (SSSR count). The summed E-state index contributed by atoms with van der Waals surface area (Å²) >= 11 is 5.92. The first-order valence-corrected chi connectivity index (χ1v) is 7.58. The molecule has 0 bridgehead atoms. The topological polar surface area (TPSA) is 68.0 Å². The van der Waals surface area contributed by atoms with E-state index in [1.807, 2.05) is 24.3 Å². The zero-order valence-corrected chi connectivity index (χ0v) is 14.7. The Labute approximate surface area is 147 Å². The fourth-order valence-corrected chi connectivity index (χ4v) is 2.36. The molecule has 23 heavy (non-hydrogen) atoms. The van der Waals surface area contributed by atoms with Crippen molar-refractivity contribution in [2.24, 2.45) is 5.92 Å². The summed E-state index contributed by atoms with van der Waals surface area (Å²) in [5, 5.41) is 3.75. The highest BCUT2D eigenvalue weighted by atomic mass is 35.5. The number of rotatable bonds is 5. The van der Waals surface area contributed by atoms with Gasteiger partial charge >= 0.3 is 0 Å². The van der Waals surface area contributed by atoms with E-state index in [4.69, 9.17) is 17.3 Å². The van der Waals surface area contributed by atoms with Crippen molar-refractivity contribution < 1.29 is 4.79 Å². The van der Waals surface area contributed by atoms with Gasteiger partial charge < -0.3 is 11.1 Å². The Morgan fingerprint density at radius 3 is 2.39 bits per heavy atom. The molecule has 1 aromatic carbocycles. The highest BCUT2D eigenvalue weighted by Gasteiger charge is 2.18. The van der Waals surface area contributed by atoms with Crippen molar-refractivity contribution in [2.75, 3.05) is 5.73 Å². The van der Waals surface area contributed by atoms with Crippen LogP contribution in [0.1, 0.15) is 31.1 Å². The van der Waals surface area contributed by atoms with E-state index in [-0.39, 0.29) is 36.7 Å². The highest BCUT2D eigenvalue weighted by Crippen LogP contribution is 2.23. The first-order chi connectivity index (χ1) is 10.5. The molecular formula is C17H21Cl2N3O. The molecule has 0 aliphatic heterocycles. The lowest BCUT2D eigenvalue weighted by Crippen LogP contribution is -2.33. The molecule has 4 nitrogen and oxygen atoms in total. The van der Waals surface area contributed by atoms with Gasteiger partial charge in [-0.05, 0) is 35.7 Å². The minimum atomic E-state index is -0.0640. The van der Waals surface area contributed by atoms with Crippen molar-refractivity contribution in [3.8, 4) is 0 Å². The third kappa shape index (κ3) is 5.73. The second-order valence-electron chi connectivity index (χ2n) is 5.60. The smallest absolute Gasteiger partial charge is 0.226 e. The number of nitrogens with two attached hydrogens (primary N) is 1. The van der Waals surface area contributed by atoms with Crippen LogP contribution < -0.4 is 11.1 Å². The van der Waals surface area contributed by atoms with E-state index in [2.05, 4.69) is 24.1 Å². The van der Waals surface area contributed by atoms with Gasteiger partial charge in [-0.3, -0.25) is 9.78 Å². The monoisotopic (exact) mass is 353 g/mol. The normalized spacial score (nSPS) is 11.7. The Balaban J connectivity index is 0.00000264. The quantitative estimate of drug-likeness (QED) is 0.858. The SMILES string of the molecule is CC(C)C(NC(=O)Cc1ccc(N)cn1)c1ccc(Cl)cc1.Cl. The lowest BCUT2D eigenvalue weighted by molar-refractivity contribution is -0.121. The molecule has 0 fully saturated rings. The summed E-state index contributed by atoms with van der Waals surface area (Å²) in [6.45, 7) is 4.14. The van der Waals surface area contributed by atoms with E-state index in [1.54, 1.807) is 18.3 Å². The molecule has 0 spiro atoms. The average Bonchev–Trinajstić information content (AvgIpc) is 2.48. The van der Waals surface area contributed by atoms with Crippen LogP contribution in [0.25, 0.3) is 0 Å². The van der Waals surface area contributed by atoms with Gasteiger partial charge in [0.2, 0.25) is 5.91 Å². The number of hydrogen-bond donors (Lipinski definition) is 2. The molecule has 1 atom stereocenters. The Kier molecular flexibility index (Phi) is 7.33. The number of halogens is 2. The van der Waals surface area contributed by atoms with Crippen LogP contribution in [-0.4, -0.2) is 10.9 Å². The molecule has 0 aliphatic rings. The van der Waals surface area contributed by atoms with Gasteiger partial charge in [0, 0.05) is 10.7 Å². The molecule has 0 saturated carbocycles. The summed E-state index contributed by atoms with van der Waals surface area (Å²) < 4.78 is 0. The van der Waals surface area contributed by atoms with Crippen LogP contribution in [0.2, 0.25) is 5.02 Å². The molecule has 0 aliphatic carbocycles. The van der Waals surface area contributed by atoms with Crippen molar-refractivity contribution in [3.63, 3.8) is 0 Å². The van der Waals surface area contributed by atoms with Gasteiger partial charge in [-0.25, -0.2) is 0 Å². The summed E-state index contributed by atoms with van der Waals surface area (Å²) in [6, 6.07) is 11.0. The summed E-state index contributed by atoms with van der Waals surface area (Å²) in [4.78, 5) is 16.4. The fourth-order valence-electron chi connectivity index (χ4n) is 2.23. The van der Waals surface area contributed by atoms with Crippen molar-refractivity contribution in [2.45, 2.75) is 26.3 Å². The van der Waals surface area contributed by atoms with E-state index in [9.17, 15) is 4.79 Å². The van der Waals surface area contributed by atoms with Gasteiger partial charge in [0.25, 0.3) is 0 Å². The summed E-state index contributed by atoms with van der Waals surface area (Å²) in [6.07, 6.45) is 1.79. The van der Waals surface area contributed by atoms with E-state index < -0.39 is 0 Å². The minimum absolute atomic E-state index is 0. The number of hydrogen-bond acceptors (Lipinski definition) is 3. The van der Waals surface area contributed by atoms with Gasteiger partial charge in [-0.15, -0.1) is 12.4 Å². The number of nitrogens with zero attached hydrogens (tertiary/aromatic N) is 1. The average molecular weight is 354 g/mol. The number of anilines is 1. The van der Waals surface area contributed by atoms with E-state index in [0.717, 1.165) is 5.56 Å². The molecule has 0 saturated heterocycles. The fraction of sp³-hybridized carbons (Fsp3) is 0.294. The van der Waals surface area contributed by atoms with E-state index >= 15 is 0 Å². The first-order valence-electron chi connectivity index (χ1n) is 7.21. The van der Waals surface area contributed by atoms with Crippen LogP contribution in [0.5, 0.6) is 0 Å². The van der Waals surface area contributed by atoms with Crippen LogP contribution in [-0.2, 0) is 11.2 Å². The number of carbonyl (C=O) groups is 1. The summed E-state index contributed by atoms with van der Waals surface area (Å²) in [7, 11) is 0. The van der Waals surface area contributed by atoms with Crippen LogP contribution in [0.15, 0.2) is 42.6 Å². The largest absolute Gasteiger partial charge is 0.397 e. The lowest BCUT2D eigenvalue weighted by atomic mass is 9.96. The number of amides is 1. The second-order valence-corrected chi connectivity index (χ2v) is 6.04. The van der Waals surface area contributed by atoms with Crippen molar-refractivity contribution >= 4 is 35.6 Å². The summed E-state index contributed by atoms with van der Waals surface area (Å²) in [5.41, 5.74) is 7.92. The number of aromatic nitrogens is 1. The molecule has 1 amide bonds. The van der Waals surface area contributed by atoms with Crippen LogP contribution >= 0.6 is 24.0 Å². The molecule has 1 aromatic heterocycles. The maximum atomic E-state index is 12.2. The predicted molar refractivity (Wildman–Crippen MR) is 96.8 cm³/mol. The predicted octanol–water partition coefficient (Wildman–Crippen LogP) is 3.80. The number of benzene rings is 1. The van der Waals surface area contributed by atoms with E-state index in [1.165, 1.54) is 0 Å². The van der Waals surface area contributed by atoms with Gasteiger partial charge in [0.1, 0.15) is 0 Å². The van der Waals surface area contributed by atoms with Gasteiger partial charge in [0.05, 0.1) is 24.3 Å². The Bertz CT molecular complexity index is 627. The standard InChI is InChI=1S/C17H20ClN3O.ClH/c1-11(2)17(12-3-5-13(18)6-4-12)21-16(22)9-15-8-7-14(19)10-20-15;/h3-8,10-11,17H,9,19H2,1-2H3,(H,21,22);1H. The first kappa shape index (κ1) is 19.3. The van der Waals surface area contributed by atoms with Gasteiger partial charge in [-0.1, -0.05) is 37.6 Å². The molecule has 3 N–H and O–H groups in total. The Morgan fingerprint density at radius 2 is 1.87 bits per heavy atom.